The summed E-state index contributed by atoms with van der Waals surface area (Å²) in [6, 6.07) is 4.05. The topological polar surface area (TPSA) is 43.8 Å². The van der Waals surface area contributed by atoms with E-state index in [2.05, 4.69) is 5.10 Å². The zero-order chi connectivity index (χ0) is 10.8. The van der Waals surface area contributed by atoms with E-state index in [1.165, 1.54) is 23.0 Å². The summed E-state index contributed by atoms with van der Waals surface area (Å²) in [5.74, 6) is -1.70. The fraction of sp³-hybridized carbons (Fsp3) is 0.100. The fourth-order valence-corrected chi connectivity index (χ4v) is 1.31. The molecule has 0 aliphatic carbocycles. The van der Waals surface area contributed by atoms with E-state index in [0.717, 1.165) is 6.07 Å². The quantitative estimate of drug-likeness (QED) is 0.819. The number of nitrogens with two attached hydrogens (primary N) is 1. The van der Waals surface area contributed by atoms with Gasteiger partial charge in [0, 0.05) is 11.8 Å². The van der Waals surface area contributed by atoms with E-state index < -0.39 is 11.6 Å². The van der Waals surface area contributed by atoms with Crippen molar-refractivity contribution in [1.82, 2.24) is 9.78 Å². The molecule has 2 aromatic rings. The van der Waals surface area contributed by atoms with Crippen molar-refractivity contribution in [1.29, 1.82) is 0 Å². The lowest BCUT2D eigenvalue weighted by atomic mass is 10.2. The van der Waals surface area contributed by atoms with Gasteiger partial charge in [-0.05, 0) is 6.07 Å². The number of hydrogen-bond acceptors (Lipinski definition) is 2. The highest BCUT2D eigenvalue weighted by Crippen LogP contribution is 2.12. The van der Waals surface area contributed by atoms with Gasteiger partial charge in [-0.3, -0.25) is 4.68 Å². The molecule has 78 valence electrons. The first-order valence-electron chi connectivity index (χ1n) is 4.37. The Bertz CT molecular complexity index is 479. The normalized spacial score (nSPS) is 10.5. The van der Waals surface area contributed by atoms with Crippen molar-refractivity contribution in [3.8, 4) is 0 Å². The molecule has 0 saturated heterocycles. The van der Waals surface area contributed by atoms with Crippen molar-refractivity contribution >= 4 is 5.69 Å². The lowest BCUT2D eigenvalue weighted by Gasteiger charge is -2.03. The fourth-order valence-electron chi connectivity index (χ4n) is 1.31. The zero-order valence-corrected chi connectivity index (χ0v) is 7.82. The average molecular weight is 209 g/mol. The summed E-state index contributed by atoms with van der Waals surface area (Å²) >= 11 is 0. The number of benzene rings is 1. The first-order valence-corrected chi connectivity index (χ1v) is 4.37. The van der Waals surface area contributed by atoms with E-state index in [9.17, 15) is 8.78 Å². The van der Waals surface area contributed by atoms with Crippen LogP contribution < -0.4 is 5.73 Å². The second kappa shape index (κ2) is 3.68. The SMILES string of the molecule is Nc1cnn(Cc2cccc(F)c2F)c1. The molecule has 0 saturated carbocycles. The number of halogens is 2. The third-order valence-electron chi connectivity index (χ3n) is 2.02. The minimum Gasteiger partial charge on any atom is -0.396 e. The van der Waals surface area contributed by atoms with Crippen LogP contribution in [0, 0.1) is 11.6 Å². The summed E-state index contributed by atoms with van der Waals surface area (Å²) in [4.78, 5) is 0. The Morgan fingerprint density at radius 3 is 2.80 bits per heavy atom. The van der Waals surface area contributed by atoms with Gasteiger partial charge in [0.1, 0.15) is 0 Å². The monoisotopic (exact) mass is 209 g/mol. The maximum Gasteiger partial charge on any atom is 0.163 e. The predicted molar refractivity (Wildman–Crippen MR) is 52.1 cm³/mol. The van der Waals surface area contributed by atoms with Crippen LogP contribution in [0.1, 0.15) is 5.56 Å². The molecule has 5 heteroatoms. The van der Waals surface area contributed by atoms with Crippen LogP contribution >= 0.6 is 0 Å². The molecule has 0 amide bonds. The highest BCUT2D eigenvalue weighted by Gasteiger charge is 2.08. The number of anilines is 1. The van der Waals surface area contributed by atoms with Gasteiger partial charge in [-0.25, -0.2) is 8.78 Å². The molecule has 2 N–H and O–H groups in total. The largest absolute Gasteiger partial charge is 0.396 e. The Kier molecular flexibility index (Phi) is 2.37. The molecule has 0 aliphatic rings. The minimum absolute atomic E-state index is 0.167. The van der Waals surface area contributed by atoms with Crippen LogP contribution in [-0.2, 0) is 6.54 Å². The van der Waals surface area contributed by atoms with E-state index in [0.29, 0.717) is 5.69 Å². The minimum atomic E-state index is -0.854. The smallest absolute Gasteiger partial charge is 0.163 e. The summed E-state index contributed by atoms with van der Waals surface area (Å²) in [6.07, 6.45) is 3.02. The maximum absolute atomic E-state index is 13.2. The van der Waals surface area contributed by atoms with Gasteiger partial charge in [-0.15, -0.1) is 0 Å². The van der Waals surface area contributed by atoms with Gasteiger partial charge in [0.05, 0.1) is 18.4 Å². The summed E-state index contributed by atoms with van der Waals surface area (Å²) in [6.45, 7) is 0.167. The number of rotatable bonds is 2. The van der Waals surface area contributed by atoms with Gasteiger partial charge >= 0.3 is 0 Å². The second-order valence-corrected chi connectivity index (χ2v) is 3.18. The van der Waals surface area contributed by atoms with E-state index in [4.69, 9.17) is 5.73 Å². The van der Waals surface area contributed by atoms with Gasteiger partial charge in [0.15, 0.2) is 11.6 Å². The first kappa shape index (κ1) is 9.64. The van der Waals surface area contributed by atoms with Crippen molar-refractivity contribution in [2.24, 2.45) is 0 Å². The van der Waals surface area contributed by atoms with Crippen LogP contribution in [0.3, 0.4) is 0 Å². The highest BCUT2D eigenvalue weighted by molar-refractivity contribution is 5.31. The van der Waals surface area contributed by atoms with Crippen molar-refractivity contribution < 1.29 is 8.78 Å². The molecule has 0 spiro atoms. The van der Waals surface area contributed by atoms with E-state index >= 15 is 0 Å². The predicted octanol–water partition coefficient (Wildman–Crippen LogP) is 1.79. The standard InChI is InChI=1S/C10H9F2N3/c11-9-3-1-2-7(10(9)12)5-15-6-8(13)4-14-15/h1-4,6H,5,13H2. The summed E-state index contributed by atoms with van der Waals surface area (Å²) in [5.41, 5.74) is 6.19. The number of hydrogen-bond donors (Lipinski definition) is 1. The maximum atomic E-state index is 13.2. The van der Waals surface area contributed by atoms with Crippen LogP contribution in [0.25, 0.3) is 0 Å². The molecule has 0 bridgehead atoms. The second-order valence-electron chi connectivity index (χ2n) is 3.18. The van der Waals surface area contributed by atoms with Crippen molar-refractivity contribution in [3.63, 3.8) is 0 Å². The number of aromatic nitrogens is 2. The van der Waals surface area contributed by atoms with Crippen LogP contribution in [-0.4, -0.2) is 9.78 Å². The Morgan fingerprint density at radius 2 is 2.13 bits per heavy atom. The van der Waals surface area contributed by atoms with Gasteiger partial charge in [-0.1, -0.05) is 12.1 Å². The Labute approximate surface area is 85.1 Å². The molecule has 0 atom stereocenters. The van der Waals surface area contributed by atoms with Gasteiger partial charge in [0.25, 0.3) is 0 Å². The number of nitrogen functional groups attached to an aromatic ring is 1. The van der Waals surface area contributed by atoms with Crippen LogP contribution in [0.5, 0.6) is 0 Å². The highest BCUT2D eigenvalue weighted by atomic mass is 19.2. The zero-order valence-electron chi connectivity index (χ0n) is 7.82. The van der Waals surface area contributed by atoms with Crippen LogP contribution in [0.2, 0.25) is 0 Å². The molecule has 2 rings (SSSR count). The van der Waals surface area contributed by atoms with Gasteiger partial charge in [0.2, 0.25) is 0 Å². The third kappa shape index (κ3) is 1.96. The third-order valence-corrected chi connectivity index (χ3v) is 2.02. The van der Waals surface area contributed by atoms with Crippen molar-refractivity contribution in [2.75, 3.05) is 5.73 Å². The molecule has 0 radical (unpaired) electrons. The summed E-state index contributed by atoms with van der Waals surface area (Å²) in [5, 5.41) is 3.88. The number of nitrogens with zero attached hydrogens (tertiary/aromatic N) is 2. The molecule has 0 unspecified atom stereocenters. The molecule has 0 aliphatic heterocycles. The van der Waals surface area contributed by atoms with Crippen molar-refractivity contribution in [3.05, 3.63) is 47.8 Å². The Balaban J connectivity index is 2.28. The molecule has 0 fully saturated rings. The van der Waals surface area contributed by atoms with Gasteiger partial charge < -0.3 is 5.73 Å². The van der Waals surface area contributed by atoms with Crippen LogP contribution in [0.4, 0.5) is 14.5 Å². The molecule has 15 heavy (non-hydrogen) atoms. The van der Waals surface area contributed by atoms with Crippen molar-refractivity contribution in [2.45, 2.75) is 6.54 Å². The molecular formula is C10H9F2N3. The lowest BCUT2D eigenvalue weighted by molar-refractivity contribution is 0.492. The van der Waals surface area contributed by atoms with E-state index in [-0.39, 0.29) is 12.1 Å². The molecule has 1 heterocycles. The first-order chi connectivity index (χ1) is 7.16. The molecular weight excluding hydrogens is 200 g/mol. The lowest BCUT2D eigenvalue weighted by Crippen LogP contribution is -2.03. The van der Waals surface area contributed by atoms with Crippen LogP contribution in [0.15, 0.2) is 30.6 Å². The van der Waals surface area contributed by atoms with E-state index in [1.54, 1.807) is 6.20 Å². The Morgan fingerprint density at radius 1 is 1.33 bits per heavy atom. The summed E-state index contributed by atoms with van der Waals surface area (Å²) in [7, 11) is 0. The summed E-state index contributed by atoms with van der Waals surface area (Å²) < 4.78 is 27.6. The average Bonchev–Trinajstić information content (AvgIpc) is 2.59. The van der Waals surface area contributed by atoms with Gasteiger partial charge in [-0.2, -0.15) is 5.10 Å². The molecule has 3 nitrogen and oxygen atoms in total. The molecule has 1 aromatic carbocycles. The van der Waals surface area contributed by atoms with E-state index in [1.807, 2.05) is 0 Å². The molecule has 1 aromatic heterocycles. The Hall–Kier alpha value is -1.91.